The summed E-state index contributed by atoms with van der Waals surface area (Å²) in [6.45, 7) is 0.853. The molecule has 6 heteroatoms. The van der Waals surface area contributed by atoms with Crippen molar-refractivity contribution in [2.24, 2.45) is 0 Å². The molecule has 15 heavy (non-hydrogen) atoms. The average molecular weight is 236 g/mol. The van der Waals surface area contributed by atoms with Crippen LogP contribution in [0.15, 0.2) is 0 Å². The Labute approximate surface area is 91.7 Å². The molecule has 0 saturated carbocycles. The second-order valence-corrected chi connectivity index (χ2v) is 6.22. The van der Waals surface area contributed by atoms with Crippen molar-refractivity contribution in [1.82, 2.24) is 9.21 Å². The molecule has 1 aliphatic heterocycles. The number of aliphatic hydroxyl groups excluding tert-OH is 1. The molecule has 1 rings (SSSR count). The second kappa shape index (κ2) is 5.25. The standard InChI is InChI=1S/C9H20N2O3S/c1-10(2)9-3-5-11(6-4-9)15(13,14)8-7-12/h9,12H,3-8H2,1-2H3. The van der Waals surface area contributed by atoms with E-state index in [-0.39, 0.29) is 12.4 Å². The van der Waals surface area contributed by atoms with E-state index in [0.717, 1.165) is 12.8 Å². The van der Waals surface area contributed by atoms with Gasteiger partial charge in [0.15, 0.2) is 0 Å². The Morgan fingerprint density at radius 3 is 2.27 bits per heavy atom. The van der Waals surface area contributed by atoms with Crippen molar-refractivity contribution in [1.29, 1.82) is 0 Å². The highest BCUT2D eigenvalue weighted by Crippen LogP contribution is 2.17. The molecule has 1 N–H and O–H groups in total. The van der Waals surface area contributed by atoms with Crippen LogP contribution in [0.25, 0.3) is 0 Å². The maximum atomic E-state index is 11.6. The van der Waals surface area contributed by atoms with Crippen LogP contribution < -0.4 is 0 Å². The summed E-state index contributed by atoms with van der Waals surface area (Å²) in [6.07, 6.45) is 1.75. The highest BCUT2D eigenvalue weighted by Gasteiger charge is 2.27. The monoisotopic (exact) mass is 236 g/mol. The molecular weight excluding hydrogens is 216 g/mol. The quantitative estimate of drug-likeness (QED) is 0.703. The minimum atomic E-state index is -3.22. The Kier molecular flexibility index (Phi) is 4.51. The van der Waals surface area contributed by atoms with Crippen LogP contribution in [-0.2, 0) is 10.0 Å². The molecule has 0 aromatic carbocycles. The second-order valence-electron chi connectivity index (χ2n) is 4.13. The van der Waals surface area contributed by atoms with Crippen molar-refractivity contribution in [3.63, 3.8) is 0 Å². The third-order valence-corrected chi connectivity index (χ3v) is 4.75. The number of piperidine rings is 1. The van der Waals surface area contributed by atoms with Gasteiger partial charge in [-0.1, -0.05) is 0 Å². The molecule has 0 aromatic heterocycles. The molecule has 0 unspecified atom stereocenters. The zero-order valence-corrected chi connectivity index (χ0v) is 10.2. The lowest BCUT2D eigenvalue weighted by Crippen LogP contribution is -2.45. The van der Waals surface area contributed by atoms with Gasteiger partial charge in [0.05, 0.1) is 12.4 Å². The molecule has 5 nitrogen and oxygen atoms in total. The van der Waals surface area contributed by atoms with Crippen LogP contribution in [0.4, 0.5) is 0 Å². The minimum Gasteiger partial charge on any atom is -0.395 e. The Morgan fingerprint density at radius 2 is 1.87 bits per heavy atom. The molecule has 0 atom stereocenters. The molecular formula is C9H20N2O3S. The number of nitrogens with zero attached hydrogens (tertiary/aromatic N) is 2. The van der Waals surface area contributed by atoms with Crippen LogP contribution in [0.3, 0.4) is 0 Å². The van der Waals surface area contributed by atoms with E-state index >= 15 is 0 Å². The fourth-order valence-electron chi connectivity index (χ4n) is 1.88. The van der Waals surface area contributed by atoms with Gasteiger partial charge >= 0.3 is 0 Å². The third kappa shape index (κ3) is 3.41. The molecule has 0 spiro atoms. The summed E-state index contributed by atoms with van der Waals surface area (Å²) in [5.74, 6) is -0.153. The zero-order chi connectivity index (χ0) is 11.5. The fraction of sp³-hybridized carbons (Fsp3) is 1.00. The molecule has 1 aliphatic rings. The Morgan fingerprint density at radius 1 is 1.33 bits per heavy atom. The smallest absolute Gasteiger partial charge is 0.216 e. The molecule has 0 bridgehead atoms. The lowest BCUT2D eigenvalue weighted by molar-refractivity contribution is 0.196. The van der Waals surface area contributed by atoms with E-state index in [1.54, 1.807) is 0 Å². The normalized spacial score (nSPS) is 21.1. The summed E-state index contributed by atoms with van der Waals surface area (Å²) in [5.41, 5.74) is 0. The van der Waals surface area contributed by atoms with Crippen molar-refractivity contribution in [2.75, 3.05) is 39.5 Å². The summed E-state index contributed by atoms with van der Waals surface area (Å²) < 4.78 is 24.7. The highest BCUT2D eigenvalue weighted by atomic mass is 32.2. The van der Waals surface area contributed by atoms with Gasteiger partial charge in [0, 0.05) is 19.1 Å². The summed E-state index contributed by atoms with van der Waals surface area (Å²) >= 11 is 0. The maximum Gasteiger partial charge on any atom is 0.216 e. The third-order valence-electron chi connectivity index (χ3n) is 2.90. The van der Waals surface area contributed by atoms with Crippen LogP contribution in [0.2, 0.25) is 0 Å². The number of hydrogen-bond acceptors (Lipinski definition) is 4. The van der Waals surface area contributed by atoms with Crippen LogP contribution in [0.1, 0.15) is 12.8 Å². The lowest BCUT2D eigenvalue weighted by atomic mass is 10.1. The average Bonchev–Trinajstić information content (AvgIpc) is 2.18. The summed E-state index contributed by atoms with van der Waals surface area (Å²) in [5, 5.41) is 8.66. The summed E-state index contributed by atoms with van der Waals surface area (Å²) in [7, 11) is 0.815. The van der Waals surface area contributed by atoms with Crippen LogP contribution in [0.5, 0.6) is 0 Å². The van der Waals surface area contributed by atoms with E-state index in [4.69, 9.17) is 5.11 Å². The van der Waals surface area contributed by atoms with Gasteiger partial charge in [-0.3, -0.25) is 0 Å². The van der Waals surface area contributed by atoms with Crippen molar-refractivity contribution in [3.8, 4) is 0 Å². The Bertz CT molecular complexity index is 282. The molecule has 0 radical (unpaired) electrons. The van der Waals surface area contributed by atoms with Crippen LogP contribution >= 0.6 is 0 Å². The highest BCUT2D eigenvalue weighted by molar-refractivity contribution is 7.89. The molecule has 0 aliphatic carbocycles. The molecule has 1 fully saturated rings. The van der Waals surface area contributed by atoms with E-state index in [2.05, 4.69) is 4.90 Å². The molecule has 1 heterocycles. The van der Waals surface area contributed by atoms with Crippen LogP contribution in [0, 0.1) is 0 Å². The van der Waals surface area contributed by atoms with Gasteiger partial charge in [0.1, 0.15) is 0 Å². The first-order valence-corrected chi connectivity index (χ1v) is 6.83. The molecule has 1 saturated heterocycles. The largest absolute Gasteiger partial charge is 0.395 e. The minimum absolute atomic E-state index is 0.153. The van der Waals surface area contributed by atoms with Gasteiger partial charge < -0.3 is 10.0 Å². The van der Waals surface area contributed by atoms with E-state index in [1.165, 1.54) is 4.31 Å². The number of sulfonamides is 1. The summed E-state index contributed by atoms with van der Waals surface area (Å²) in [6, 6.07) is 0.477. The van der Waals surface area contributed by atoms with E-state index in [1.807, 2.05) is 14.1 Å². The lowest BCUT2D eigenvalue weighted by Gasteiger charge is -2.34. The van der Waals surface area contributed by atoms with Gasteiger partial charge in [-0.15, -0.1) is 0 Å². The number of aliphatic hydroxyl groups is 1. The predicted molar refractivity (Wildman–Crippen MR) is 59.2 cm³/mol. The maximum absolute atomic E-state index is 11.6. The topological polar surface area (TPSA) is 60.9 Å². The van der Waals surface area contributed by atoms with E-state index in [9.17, 15) is 8.42 Å². The van der Waals surface area contributed by atoms with Gasteiger partial charge in [-0.25, -0.2) is 12.7 Å². The van der Waals surface area contributed by atoms with Gasteiger partial charge in [0.2, 0.25) is 10.0 Å². The van der Waals surface area contributed by atoms with Crippen molar-refractivity contribution in [2.45, 2.75) is 18.9 Å². The summed E-state index contributed by atoms with van der Waals surface area (Å²) in [4.78, 5) is 2.13. The van der Waals surface area contributed by atoms with Crippen molar-refractivity contribution in [3.05, 3.63) is 0 Å². The first-order valence-electron chi connectivity index (χ1n) is 5.22. The van der Waals surface area contributed by atoms with Gasteiger partial charge in [-0.05, 0) is 26.9 Å². The fourth-order valence-corrected chi connectivity index (χ4v) is 3.14. The van der Waals surface area contributed by atoms with E-state index < -0.39 is 10.0 Å². The first kappa shape index (κ1) is 12.9. The van der Waals surface area contributed by atoms with Crippen LogP contribution in [-0.4, -0.2) is 68.3 Å². The Balaban J connectivity index is 2.50. The number of hydrogen-bond donors (Lipinski definition) is 1. The Hall–Kier alpha value is -0.170. The number of rotatable bonds is 4. The molecule has 0 amide bonds. The van der Waals surface area contributed by atoms with Crippen molar-refractivity contribution >= 4 is 10.0 Å². The van der Waals surface area contributed by atoms with E-state index in [0.29, 0.717) is 19.1 Å². The molecule has 0 aromatic rings. The predicted octanol–water partition coefficient (Wildman–Crippen LogP) is -0.665. The SMILES string of the molecule is CN(C)C1CCN(S(=O)(=O)CCO)CC1. The first-order chi connectivity index (χ1) is 6.97. The van der Waals surface area contributed by atoms with Crippen molar-refractivity contribution < 1.29 is 13.5 Å². The van der Waals surface area contributed by atoms with Gasteiger partial charge in [0.25, 0.3) is 0 Å². The zero-order valence-electron chi connectivity index (χ0n) is 9.39. The van der Waals surface area contributed by atoms with Gasteiger partial charge in [-0.2, -0.15) is 0 Å². The molecule has 90 valence electrons.